The Morgan fingerprint density at radius 2 is 1.21 bits per heavy atom. The van der Waals surface area contributed by atoms with E-state index in [0.717, 1.165) is 13.2 Å². The molecule has 2 rings (SSSR count). The van der Waals surface area contributed by atoms with Gasteiger partial charge in [0.25, 0.3) is 0 Å². The zero-order valence-corrected chi connectivity index (χ0v) is 14.2. The molecule has 2 unspecified atom stereocenters. The minimum absolute atomic E-state index is 0.176. The van der Waals surface area contributed by atoms with Crippen LogP contribution in [0.2, 0.25) is 0 Å². The van der Waals surface area contributed by atoms with E-state index in [2.05, 4.69) is 6.58 Å². The van der Waals surface area contributed by atoms with Gasteiger partial charge < -0.3 is 33.5 Å². The topological polar surface area (TPSA) is 99.3 Å². The number of ether oxygens (including phenoxy) is 6. The van der Waals surface area contributed by atoms with Crippen LogP contribution >= 0.6 is 0 Å². The van der Waals surface area contributed by atoms with Crippen LogP contribution in [0.3, 0.4) is 0 Å². The molecule has 0 saturated carbocycles. The summed E-state index contributed by atoms with van der Waals surface area (Å²) < 4.78 is 31.4. The van der Waals surface area contributed by atoms with Gasteiger partial charge in [-0.1, -0.05) is 6.58 Å². The van der Waals surface area contributed by atoms with Crippen LogP contribution in [-0.4, -0.2) is 89.4 Å². The third-order valence-electron chi connectivity index (χ3n) is 2.89. The number of hydrogen-bond acceptors (Lipinski definition) is 7. The number of hydrogen-bond donors (Lipinski definition) is 1. The summed E-state index contributed by atoms with van der Waals surface area (Å²) in [7, 11) is 0. The van der Waals surface area contributed by atoms with Gasteiger partial charge in [0.2, 0.25) is 0 Å². The zero-order valence-electron chi connectivity index (χ0n) is 14.2. The molecule has 8 heteroatoms. The van der Waals surface area contributed by atoms with Gasteiger partial charge in [-0.05, 0) is 6.92 Å². The van der Waals surface area contributed by atoms with Crippen LogP contribution in [0.4, 0.5) is 0 Å². The Bertz CT molecular complexity index is 318. The van der Waals surface area contributed by atoms with Crippen molar-refractivity contribution in [2.45, 2.75) is 19.1 Å². The molecule has 0 amide bonds. The molecular formula is C16H28O8. The number of carboxylic acid groups (broad SMARTS) is 1. The largest absolute Gasteiger partial charge is 0.478 e. The van der Waals surface area contributed by atoms with Crippen molar-refractivity contribution < 1.29 is 38.3 Å². The highest BCUT2D eigenvalue weighted by atomic mass is 16.6. The fourth-order valence-electron chi connectivity index (χ4n) is 1.32. The second-order valence-corrected chi connectivity index (χ2v) is 5.37. The predicted molar refractivity (Wildman–Crippen MR) is 85.2 cm³/mol. The van der Waals surface area contributed by atoms with Gasteiger partial charge in [0.15, 0.2) is 0 Å². The first-order valence-corrected chi connectivity index (χ1v) is 8.02. The Morgan fingerprint density at radius 3 is 1.46 bits per heavy atom. The van der Waals surface area contributed by atoms with Gasteiger partial charge >= 0.3 is 5.97 Å². The van der Waals surface area contributed by atoms with Crippen LogP contribution in [0.5, 0.6) is 0 Å². The molecule has 1 N–H and O–H groups in total. The van der Waals surface area contributed by atoms with Crippen LogP contribution in [0, 0.1) is 0 Å². The SMILES string of the molecule is C(COCCOCC1CO1)OCCOCC1CO1.C=C(C)C(=O)O. The summed E-state index contributed by atoms with van der Waals surface area (Å²) in [5.74, 6) is -0.935. The maximum atomic E-state index is 9.60. The van der Waals surface area contributed by atoms with E-state index in [1.165, 1.54) is 6.92 Å². The van der Waals surface area contributed by atoms with Gasteiger partial charge in [0.1, 0.15) is 12.2 Å². The molecular weight excluding hydrogens is 320 g/mol. The van der Waals surface area contributed by atoms with Crippen molar-refractivity contribution in [3.63, 3.8) is 0 Å². The quantitative estimate of drug-likeness (QED) is 0.275. The smallest absolute Gasteiger partial charge is 0.330 e. The summed E-state index contributed by atoms with van der Waals surface area (Å²) in [6, 6.07) is 0. The molecule has 8 nitrogen and oxygen atoms in total. The summed E-state index contributed by atoms with van der Waals surface area (Å²) in [6.45, 7) is 11.3. The second kappa shape index (κ2) is 13.3. The Labute approximate surface area is 142 Å². The first-order valence-electron chi connectivity index (χ1n) is 8.02. The molecule has 0 aliphatic carbocycles. The lowest BCUT2D eigenvalue weighted by atomic mass is 10.4. The van der Waals surface area contributed by atoms with Gasteiger partial charge in [0.05, 0.1) is 66.1 Å². The summed E-state index contributed by atoms with van der Waals surface area (Å²) >= 11 is 0. The molecule has 0 bridgehead atoms. The Balaban J connectivity index is 0.000000413. The number of carbonyl (C=O) groups is 1. The molecule has 0 aromatic carbocycles. The molecule has 2 aliphatic rings. The standard InChI is InChI=1S/C12H22O6.C4H6O2/c1(13-3-5-15-7-11-9-17-11)2-14-4-6-16-8-12-10-18-12;1-3(2)4(5)6/h11-12H,1-10H2;1H2,2H3,(H,5,6). The van der Waals surface area contributed by atoms with Crippen molar-refractivity contribution in [2.24, 2.45) is 0 Å². The average molecular weight is 348 g/mol. The molecule has 2 fully saturated rings. The van der Waals surface area contributed by atoms with E-state index in [4.69, 9.17) is 33.5 Å². The van der Waals surface area contributed by atoms with Crippen LogP contribution in [0.1, 0.15) is 6.92 Å². The highest BCUT2D eigenvalue weighted by Gasteiger charge is 2.22. The van der Waals surface area contributed by atoms with E-state index in [0.29, 0.717) is 65.1 Å². The van der Waals surface area contributed by atoms with Crippen molar-refractivity contribution in [3.05, 3.63) is 12.2 Å². The van der Waals surface area contributed by atoms with Crippen molar-refractivity contribution in [2.75, 3.05) is 66.1 Å². The molecule has 2 aliphatic heterocycles. The van der Waals surface area contributed by atoms with Gasteiger partial charge in [-0.25, -0.2) is 4.79 Å². The van der Waals surface area contributed by atoms with Crippen LogP contribution in [-0.2, 0) is 33.2 Å². The second-order valence-electron chi connectivity index (χ2n) is 5.37. The fourth-order valence-corrected chi connectivity index (χ4v) is 1.32. The Hall–Kier alpha value is -1.03. The molecule has 2 atom stereocenters. The van der Waals surface area contributed by atoms with Crippen LogP contribution in [0.25, 0.3) is 0 Å². The van der Waals surface area contributed by atoms with Crippen molar-refractivity contribution in [1.29, 1.82) is 0 Å². The van der Waals surface area contributed by atoms with Crippen molar-refractivity contribution in [3.8, 4) is 0 Å². The van der Waals surface area contributed by atoms with Crippen LogP contribution in [0.15, 0.2) is 12.2 Å². The molecule has 2 heterocycles. The lowest BCUT2D eigenvalue weighted by molar-refractivity contribution is -0.132. The highest BCUT2D eigenvalue weighted by Crippen LogP contribution is 2.08. The lowest BCUT2D eigenvalue weighted by Crippen LogP contribution is -2.13. The third kappa shape index (κ3) is 14.6. The molecule has 140 valence electrons. The molecule has 24 heavy (non-hydrogen) atoms. The minimum Gasteiger partial charge on any atom is -0.478 e. The number of rotatable bonds is 14. The molecule has 0 radical (unpaired) electrons. The molecule has 0 spiro atoms. The highest BCUT2D eigenvalue weighted by molar-refractivity contribution is 5.84. The summed E-state index contributed by atoms with van der Waals surface area (Å²) in [4.78, 5) is 9.60. The van der Waals surface area contributed by atoms with E-state index in [9.17, 15) is 4.79 Å². The lowest BCUT2D eigenvalue weighted by Gasteiger charge is -2.06. The number of epoxide rings is 2. The predicted octanol–water partition coefficient (Wildman–Crippen LogP) is 0.498. The van der Waals surface area contributed by atoms with Crippen molar-refractivity contribution in [1.82, 2.24) is 0 Å². The van der Waals surface area contributed by atoms with Crippen LogP contribution < -0.4 is 0 Å². The first-order chi connectivity index (χ1) is 11.6. The Morgan fingerprint density at radius 1 is 0.917 bits per heavy atom. The summed E-state index contributed by atoms with van der Waals surface area (Å²) in [5, 5.41) is 7.89. The third-order valence-corrected chi connectivity index (χ3v) is 2.89. The fraction of sp³-hybridized carbons (Fsp3) is 0.812. The minimum atomic E-state index is -0.935. The van der Waals surface area contributed by atoms with Gasteiger partial charge in [0, 0.05) is 5.57 Å². The molecule has 0 aromatic rings. The normalized spacial score (nSPS) is 20.9. The van der Waals surface area contributed by atoms with E-state index in [1.807, 2.05) is 0 Å². The van der Waals surface area contributed by atoms with E-state index < -0.39 is 5.97 Å². The summed E-state index contributed by atoms with van der Waals surface area (Å²) in [6.07, 6.45) is 0.656. The van der Waals surface area contributed by atoms with Gasteiger partial charge in [-0.15, -0.1) is 0 Å². The number of carboxylic acids is 1. The molecule has 2 saturated heterocycles. The van der Waals surface area contributed by atoms with E-state index in [-0.39, 0.29) is 5.57 Å². The maximum Gasteiger partial charge on any atom is 0.330 e. The monoisotopic (exact) mass is 348 g/mol. The van der Waals surface area contributed by atoms with E-state index in [1.54, 1.807) is 0 Å². The average Bonchev–Trinajstić information content (AvgIpc) is 3.44. The van der Waals surface area contributed by atoms with Gasteiger partial charge in [-0.3, -0.25) is 0 Å². The number of aliphatic carboxylic acids is 1. The Kier molecular flexibility index (Phi) is 11.6. The zero-order chi connectivity index (χ0) is 17.6. The van der Waals surface area contributed by atoms with Gasteiger partial charge in [-0.2, -0.15) is 0 Å². The molecule has 0 aromatic heterocycles. The first kappa shape index (κ1) is 21.0. The maximum absolute atomic E-state index is 9.60. The van der Waals surface area contributed by atoms with E-state index >= 15 is 0 Å². The summed E-state index contributed by atoms with van der Waals surface area (Å²) in [5.41, 5.74) is 0.176. The van der Waals surface area contributed by atoms with Crippen molar-refractivity contribution >= 4 is 5.97 Å².